The zero-order chi connectivity index (χ0) is 26.8. The number of nitrogens with one attached hydrogen (secondary N) is 2. The van der Waals surface area contributed by atoms with Crippen molar-refractivity contribution >= 4 is 23.0 Å². The van der Waals surface area contributed by atoms with E-state index in [1.54, 1.807) is 19.9 Å². The molecule has 4 aromatic rings. The number of carbonyl (C=O) groups is 2. The van der Waals surface area contributed by atoms with Crippen LogP contribution in [0.5, 0.6) is 5.75 Å². The van der Waals surface area contributed by atoms with E-state index < -0.39 is 24.3 Å². The molecule has 8 nitrogen and oxygen atoms in total. The Bertz CT molecular complexity index is 1600. The lowest BCUT2D eigenvalue weighted by Gasteiger charge is -2.25. The second kappa shape index (κ2) is 8.54. The van der Waals surface area contributed by atoms with Gasteiger partial charge in [-0.25, -0.2) is 9.78 Å². The second-order valence-electron chi connectivity index (χ2n) is 10.0. The topological polar surface area (TPSA) is 105 Å². The van der Waals surface area contributed by atoms with Crippen LogP contribution in [0.3, 0.4) is 0 Å². The predicted octanol–water partition coefficient (Wildman–Crippen LogP) is 5.59. The van der Waals surface area contributed by atoms with Crippen molar-refractivity contribution in [1.29, 1.82) is 0 Å². The smallest absolute Gasteiger partial charge is 0.405 e. The van der Waals surface area contributed by atoms with Crippen molar-refractivity contribution < 1.29 is 28.2 Å². The summed E-state index contributed by atoms with van der Waals surface area (Å²) in [6, 6.07) is 17.3. The molecule has 2 aliphatic heterocycles. The summed E-state index contributed by atoms with van der Waals surface area (Å²) in [6.07, 6.45) is -0.620. The highest BCUT2D eigenvalue weighted by molar-refractivity contribution is 5.98. The number of nitrogens with zero attached hydrogens (tertiary/aromatic N) is 2. The molecular formula is C28H24F2N4O4. The van der Waals surface area contributed by atoms with Crippen LogP contribution >= 0.6 is 0 Å². The molecule has 0 saturated carbocycles. The molecule has 2 aliphatic rings. The van der Waals surface area contributed by atoms with Gasteiger partial charge in [0.05, 0.1) is 28.7 Å². The van der Waals surface area contributed by atoms with Gasteiger partial charge >= 0.3 is 12.7 Å². The van der Waals surface area contributed by atoms with E-state index in [0.29, 0.717) is 23.4 Å². The Morgan fingerprint density at radius 2 is 1.89 bits per heavy atom. The van der Waals surface area contributed by atoms with Crippen molar-refractivity contribution in [1.82, 2.24) is 20.2 Å². The van der Waals surface area contributed by atoms with Crippen LogP contribution in [0.15, 0.2) is 60.7 Å². The summed E-state index contributed by atoms with van der Waals surface area (Å²) >= 11 is 0. The fraction of sp³-hybridized carbons (Fsp3) is 0.250. The molecule has 1 aromatic heterocycles. The first-order chi connectivity index (χ1) is 18.1. The van der Waals surface area contributed by atoms with Crippen molar-refractivity contribution in [3.63, 3.8) is 0 Å². The number of aromatic nitrogens is 2. The van der Waals surface area contributed by atoms with Crippen LogP contribution in [0.4, 0.5) is 13.6 Å². The van der Waals surface area contributed by atoms with Gasteiger partial charge in [-0.15, -0.1) is 0 Å². The minimum absolute atomic E-state index is 0.0164. The third-order valence-corrected chi connectivity index (χ3v) is 7.32. The van der Waals surface area contributed by atoms with Crippen LogP contribution in [0.25, 0.3) is 22.2 Å². The van der Waals surface area contributed by atoms with E-state index >= 15 is 0 Å². The van der Waals surface area contributed by atoms with E-state index in [-0.39, 0.29) is 17.7 Å². The average molecular weight is 519 g/mol. The van der Waals surface area contributed by atoms with Gasteiger partial charge in [-0.2, -0.15) is 8.78 Å². The molecule has 38 heavy (non-hydrogen) atoms. The summed E-state index contributed by atoms with van der Waals surface area (Å²) in [4.78, 5) is 28.9. The average Bonchev–Trinajstić information content (AvgIpc) is 3.35. The molecule has 3 heterocycles. The summed E-state index contributed by atoms with van der Waals surface area (Å²) in [5.41, 5.74) is 4.18. The van der Waals surface area contributed by atoms with Crippen LogP contribution < -0.4 is 15.4 Å². The highest BCUT2D eigenvalue weighted by atomic mass is 19.3. The van der Waals surface area contributed by atoms with Gasteiger partial charge in [0.25, 0.3) is 5.91 Å². The molecule has 0 fully saturated rings. The van der Waals surface area contributed by atoms with Gasteiger partial charge in [0, 0.05) is 11.1 Å². The number of ether oxygens (including phenoxy) is 1. The van der Waals surface area contributed by atoms with Gasteiger partial charge in [-0.1, -0.05) is 36.4 Å². The van der Waals surface area contributed by atoms with Gasteiger partial charge in [0.15, 0.2) is 0 Å². The third kappa shape index (κ3) is 3.84. The number of benzene rings is 3. The first-order valence-electron chi connectivity index (χ1n) is 12.1. The molecule has 0 unspecified atom stereocenters. The minimum Gasteiger partial charge on any atom is -0.465 e. The molecule has 194 valence electrons. The van der Waals surface area contributed by atoms with Crippen LogP contribution in [0.1, 0.15) is 59.7 Å². The monoisotopic (exact) mass is 518 g/mol. The Morgan fingerprint density at radius 1 is 1.16 bits per heavy atom. The van der Waals surface area contributed by atoms with E-state index in [2.05, 4.69) is 10.6 Å². The van der Waals surface area contributed by atoms with Crippen molar-refractivity contribution in [2.75, 3.05) is 0 Å². The quantitative estimate of drug-likeness (QED) is 0.320. The molecule has 0 radical (unpaired) electrons. The van der Waals surface area contributed by atoms with Gasteiger partial charge in [0.1, 0.15) is 11.6 Å². The summed E-state index contributed by atoms with van der Waals surface area (Å²) < 4.78 is 33.3. The van der Waals surface area contributed by atoms with Gasteiger partial charge in [-0.05, 0) is 61.2 Å². The third-order valence-electron chi connectivity index (χ3n) is 7.32. The molecule has 2 atom stereocenters. The Hall–Kier alpha value is -4.47. The summed E-state index contributed by atoms with van der Waals surface area (Å²) in [5.74, 6) is 0.314. The van der Waals surface area contributed by atoms with E-state index in [0.717, 1.165) is 27.7 Å². The number of alkyl halides is 2. The van der Waals surface area contributed by atoms with Crippen molar-refractivity contribution in [3.8, 4) is 16.9 Å². The Morgan fingerprint density at radius 3 is 2.61 bits per heavy atom. The SMILES string of the molecule is CC(C)(NC(=O)O)c1ccc(-c2ccc3nc4n(c3c2)[C@@H]2C[C@H]4NC(=O)c3cccc(OC(F)F)c32)cc1. The first-order valence-corrected chi connectivity index (χ1v) is 12.1. The summed E-state index contributed by atoms with van der Waals surface area (Å²) in [5, 5.41) is 14.6. The molecular weight excluding hydrogens is 494 g/mol. The van der Waals surface area contributed by atoms with Gasteiger partial charge in [0.2, 0.25) is 0 Å². The fourth-order valence-electron chi connectivity index (χ4n) is 5.61. The zero-order valence-electron chi connectivity index (χ0n) is 20.5. The van der Waals surface area contributed by atoms with E-state index in [1.807, 2.05) is 47.0 Å². The molecule has 3 aromatic carbocycles. The Labute approximate surface area is 216 Å². The Kier molecular flexibility index (Phi) is 5.37. The highest BCUT2D eigenvalue weighted by Crippen LogP contribution is 2.47. The molecule has 0 saturated heterocycles. The van der Waals surface area contributed by atoms with Crippen LogP contribution in [-0.4, -0.2) is 33.3 Å². The fourth-order valence-corrected chi connectivity index (χ4v) is 5.61. The lowest BCUT2D eigenvalue weighted by atomic mass is 9.92. The second-order valence-corrected chi connectivity index (χ2v) is 10.0. The number of carboxylic acid groups (broad SMARTS) is 1. The number of rotatable bonds is 5. The van der Waals surface area contributed by atoms with E-state index in [1.165, 1.54) is 12.1 Å². The molecule has 0 aliphatic carbocycles. The number of carbonyl (C=O) groups excluding carboxylic acids is 1. The molecule has 2 bridgehead atoms. The maximum Gasteiger partial charge on any atom is 0.405 e. The minimum atomic E-state index is -3.02. The molecule has 6 rings (SSSR count). The van der Waals surface area contributed by atoms with E-state index in [9.17, 15) is 18.4 Å². The van der Waals surface area contributed by atoms with Crippen LogP contribution in [0.2, 0.25) is 0 Å². The standard InChI is InChI=1S/C28H24F2N4O4/c1-28(2,33-27(36)37)16-9-6-14(7-10-16)15-8-11-18-20(12-15)34-21-13-19(24(34)31-18)32-25(35)17-4-3-5-22(23(17)21)38-26(29)30/h3-12,19,21,26,33H,13H2,1-2H3,(H,32,35)(H,36,37)/t19-,21-/m1/s1. The number of imidazole rings is 1. The molecule has 2 amide bonds. The molecule has 0 spiro atoms. The number of fused-ring (bicyclic) bond motifs is 9. The number of hydrogen-bond acceptors (Lipinski definition) is 4. The summed E-state index contributed by atoms with van der Waals surface area (Å²) in [7, 11) is 0. The largest absolute Gasteiger partial charge is 0.465 e. The maximum atomic E-state index is 13.2. The molecule has 10 heteroatoms. The van der Waals surface area contributed by atoms with Crippen LogP contribution in [-0.2, 0) is 5.54 Å². The maximum absolute atomic E-state index is 13.2. The molecule has 3 N–H and O–H groups in total. The van der Waals surface area contributed by atoms with Crippen molar-refractivity contribution in [2.24, 2.45) is 0 Å². The number of hydrogen-bond donors (Lipinski definition) is 3. The Balaban J connectivity index is 1.44. The van der Waals surface area contributed by atoms with Gasteiger partial charge < -0.3 is 25.0 Å². The number of halogens is 2. The number of amides is 2. The van der Waals surface area contributed by atoms with Crippen LogP contribution in [0, 0.1) is 0 Å². The predicted molar refractivity (Wildman–Crippen MR) is 135 cm³/mol. The van der Waals surface area contributed by atoms with E-state index in [4.69, 9.17) is 14.8 Å². The lowest BCUT2D eigenvalue weighted by Crippen LogP contribution is -2.39. The lowest BCUT2D eigenvalue weighted by molar-refractivity contribution is -0.0507. The van der Waals surface area contributed by atoms with Gasteiger partial charge in [-0.3, -0.25) is 4.79 Å². The zero-order valence-corrected chi connectivity index (χ0v) is 20.5. The van der Waals surface area contributed by atoms with Crippen molar-refractivity contribution in [3.05, 3.63) is 83.2 Å². The van der Waals surface area contributed by atoms with Crippen molar-refractivity contribution in [2.45, 2.75) is 44.5 Å². The first kappa shape index (κ1) is 23.9. The normalized spacial score (nSPS) is 18.1. The highest BCUT2D eigenvalue weighted by Gasteiger charge is 2.42. The summed E-state index contributed by atoms with van der Waals surface area (Å²) in [6.45, 7) is 0.566.